The van der Waals surface area contributed by atoms with E-state index < -0.39 is 15.8 Å². The van der Waals surface area contributed by atoms with E-state index in [9.17, 15) is 0 Å². The molecule has 6 aromatic carbocycles. The van der Waals surface area contributed by atoms with Crippen molar-refractivity contribution in [2.45, 2.75) is 34.1 Å². The molecule has 0 saturated carbocycles. The van der Waals surface area contributed by atoms with Gasteiger partial charge in [-0.2, -0.15) is 0 Å². The minimum atomic E-state index is -0.457. The van der Waals surface area contributed by atoms with Crippen LogP contribution in [0, 0.1) is 27.7 Å². The molecule has 0 radical (unpaired) electrons. The van der Waals surface area contributed by atoms with Crippen LogP contribution in [0.4, 0.5) is 0 Å². The molecule has 4 heteroatoms. The zero-order valence-corrected chi connectivity index (χ0v) is 32.9. The molecule has 0 aromatic heterocycles. The van der Waals surface area contributed by atoms with Crippen LogP contribution in [0.3, 0.4) is 0 Å². The number of hydrogen-bond acceptors (Lipinski definition) is 0. The Hall–Kier alpha value is -2.96. The Labute approximate surface area is 300 Å². The maximum Gasteiger partial charge on any atom is 0.0000326 e. The van der Waals surface area contributed by atoms with Gasteiger partial charge in [-0.3, -0.25) is 0 Å². The fraction of sp³-hybridized carbons (Fsp3) is 0.200. The van der Waals surface area contributed by atoms with E-state index in [1.165, 1.54) is 74.0 Å². The summed E-state index contributed by atoms with van der Waals surface area (Å²) in [6.45, 7) is 8.79. The van der Waals surface area contributed by atoms with Crippen LogP contribution in [0.2, 0.25) is 0 Å². The van der Waals surface area contributed by atoms with Gasteiger partial charge in [0.15, 0.2) is 0 Å². The lowest BCUT2D eigenvalue weighted by Gasteiger charge is -2.28. The van der Waals surface area contributed by atoms with Gasteiger partial charge in [-0.1, -0.05) is 196 Å². The predicted molar refractivity (Wildman–Crippen MR) is 227 cm³/mol. The van der Waals surface area contributed by atoms with E-state index in [4.69, 9.17) is 0 Å². The summed E-state index contributed by atoms with van der Waals surface area (Å²) in [4.78, 5) is 0. The van der Waals surface area contributed by atoms with Crippen LogP contribution in [-0.4, -0.2) is 24.1 Å². The molecule has 0 heterocycles. The standard InChI is InChI=1S/C45H48P4/c1-36-16-24-42(25-17-36)48(43-26-18-37(2)19-27-43)34-46(40-12-7-5-8-13-40)32-11-33-47(41-14-9-6-10-15-41)35-49(44-28-20-38(3)21-29-44)45-30-22-39(4)23-31-45/h5-10,12-31H,11,32-35H2,1-4H3. The quantitative estimate of drug-likeness (QED) is 0.0987. The van der Waals surface area contributed by atoms with Crippen LogP contribution in [0.5, 0.6) is 0 Å². The summed E-state index contributed by atoms with van der Waals surface area (Å²) in [5.41, 5.74) is 5.33. The van der Waals surface area contributed by atoms with Gasteiger partial charge in [0, 0.05) is 11.8 Å². The summed E-state index contributed by atoms with van der Waals surface area (Å²) in [5, 5.41) is 9.11. The second kappa shape index (κ2) is 17.8. The highest BCUT2D eigenvalue weighted by molar-refractivity contribution is 7.86. The second-order valence-electron chi connectivity index (χ2n) is 13.0. The van der Waals surface area contributed by atoms with E-state index in [1.54, 1.807) is 10.6 Å². The van der Waals surface area contributed by atoms with Gasteiger partial charge in [-0.05, 0) is 94.1 Å². The molecular formula is C45H48P4. The molecule has 0 aliphatic carbocycles. The van der Waals surface area contributed by atoms with Crippen LogP contribution in [0.25, 0.3) is 0 Å². The number of benzene rings is 6. The molecule has 248 valence electrons. The van der Waals surface area contributed by atoms with E-state index in [1.807, 2.05) is 0 Å². The maximum absolute atomic E-state index is 2.40. The van der Waals surface area contributed by atoms with Crippen LogP contribution >= 0.6 is 31.7 Å². The molecule has 0 amide bonds. The molecule has 0 nitrogen and oxygen atoms in total. The smallest absolute Gasteiger partial charge is 0.0000326 e. The van der Waals surface area contributed by atoms with Gasteiger partial charge in [0.05, 0.1) is 0 Å². The molecule has 6 rings (SSSR count). The maximum atomic E-state index is 2.40. The lowest BCUT2D eigenvalue weighted by Crippen LogP contribution is -2.18. The first-order valence-electron chi connectivity index (χ1n) is 17.3. The van der Waals surface area contributed by atoms with Crippen molar-refractivity contribution in [2.24, 2.45) is 0 Å². The first kappa shape index (κ1) is 35.9. The zero-order valence-electron chi connectivity index (χ0n) is 29.3. The largest absolute Gasteiger partial charge is 0.0703 e. The van der Waals surface area contributed by atoms with Gasteiger partial charge in [-0.25, -0.2) is 0 Å². The zero-order chi connectivity index (χ0) is 34.0. The Kier molecular flexibility index (Phi) is 13.0. The van der Waals surface area contributed by atoms with E-state index >= 15 is 0 Å². The van der Waals surface area contributed by atoms with Crippen LogP contribution in [-0.2, 0) is 0 Å². The molecule has 0 aliphatic rings. The van der Waals surface area contributed by atoms with Gasteiger partial charge in [0.1, 0.15) is 0 Å². The van der Waals surface area contributed by atoms with Crippen molar-refractivity contribution in [3.63, 3.8) is 0 Å². The SMILES string of the molecule is Cc1ccc(P(CP(CCCP(CP(c2ccc(C)cc2)c2ccc(C)cc2)c2ccccc2)c2ccccc2)c2ccc(C)cc2)cc1. The van der Waals surface area contributed by atoms with Gasteiger partial charge < -0.3 is 0 Å². The van der Waals surface area contributed by atoms with Crippen LogP contribution in [0.1, 0.15) is 28.7 Å². The summed E-state index contributed by atoms with van der Waals surface area (Å²) >= 11 is 0. The van der Waals surface area contributed by atoms with Crippen molar-refractivity contribution in [3.05, 3.63) is 180 Å². The summed E-state index contributed by atoms with van der Waals surface area (Å²) in [7, 11) is -1.57. The van der Waals surface area contributed by atoms with E-state index in [2.05, 4.69) is 185 Å². The number of aryl methyl sites for hydroxylation is 4. The highest BCUT2D eigenvalue weighted by Crippen LogP contribution is 2.53. The van der Waals surface area contributed by atoms with Crippen molar-refractivity contribution in [1.82, 2.24) is 0 Å². The van der Waals surface area contributed by atoms with Crippen LogP contribution in [0.15, 0.2) is 158 Å². The average molecular weight is 713 g/mol. The molecule has 49 heavy (non-hydrogen) atoms. The van der Waals surface area contributed by atoms with Crippen molar-refractivity contribution < 1.29 is 0 Å². The Bertz CT molecular complexity index is 1620. The number of hydrogen-bond donors (Lipinski definition) is 0. The first-order valence-corrected chi connectivity index (χ1v) is 23.8. The summed E-state index contributed by atoms with van der Waals surface area (Å²) in [6.07, 6.45) is 3.81. The Morgan fingerprint density at radius 3 is 0.837 bits per heavy atom. The van der Waals surface area contributed by atoms with E-state index in [0.717, 1.165) is 0 Å². The second-order valence-corrected chi connectivity index (χ2v) is 23.2. The highest BCUT2D eigenvalue weighted by Gasteiger charge is 2.24. The third-order valence-corrected chi connectivity index (χ3v) is 21.6. The van der Waals surface area contributed by atoms with Crippen molar-refractivity contribution in [3.8, 4) is 0 Å². The van der Waals surface area contributed by atoms with Gasteiger partial charge in [0.2, 0.25) is 0 Å². The van der Waals surface area contributed by atoms with E-state index in [-0.39, 0.29) is 15.8 Å². The normalized spacial score (nSPS) is 12.7. The minimum Gasteiger partial charge on any atom is -0.0703 e. The van der Waals surface area contributed by atoms with Gasteiger partial charge in [-0.15, -0.1) is 0 Å². The van der Waals surface area contributed by atoms with Crippen molar-refractivity contribution in [2.75, 3.05) is 24.1 Å². The topological polar surface area (TPSA) is 0 Å². The lowest BCUT2D eigenvalue weighted by molar-refractivity contribution is 1.11. The van der Waals surface area contributed by atoms with Gasteiger partial charge >= 0.3 is 0 Å². The third-order valence-electron chi connectivity index (χ3n) is 9.11. The van der Waals surface area contributed by atoms with Crippen molar-refractivity contribution >= 4 is 63.5 Å². The Balaban J connectivity index is 1.28. The third kappa shape index (κ3) is 10.1. The van der Waals surface area contributed by atoms with Crippen LogP contribution < -0.4 is 31.8 Å². The predicted octanol–water partition coefficient (Wildman–Crippen LogP) is 10.4. The fourth-order valence-corrected chi connectivity index (χ4v) is 19.6. The first-order chi connectivity index (χ1) is 23.9. The lowest BCUT2D eigenvalue weighted by atomic mass is 10.2. The Morgan fingerprint density at radius 2 is 0.571 bits per heavy atom. The molecular weight excluding hydrogens is 664 g/mol. The molecule has 6 aromatic rings. The summed E-state index contributed by atoms with van der Waals surface area (Å²) in [6, 6.07) is 60.5. The van der Waals surface area contributed by atoms with Gasteiger partial charge in [0.25, 0.3) is 0 Å². The molecule has 2 atom stereocenters. The fourth-order valence-electron chi connectivity index (χ4n) is 6.16. The molecule has 0 saturated heterocycles. The number of rotatable bonds is 14. The van der Waals surface area contributed by atoms with Crippen molar-refractivity contribution in [1.29, 1.82) is 0 Å². The molecule has 0 N–H and O–H groups in total. The Morgan fingerprint density at radius 1 is 0.306 bits per heavy atom. The average Bonchev–Trinajstić information content (AvgIpc) is 3.14. The van der Waals surface area contributed by atoms with E-state index in [0.29, 0.717) is 0 Å². The molecule has 0 bridgehead atoms. The molecule has 0 fully saturated rings. The monoisotopic (exact) mass is 712 g/mol. The minimum absolute atomic E-state index is 0.328. The molecule has 0 aliphatic heterocycles. The molecule has 0 spiro atoms. The molecule has 2 unspecified atom stereocenters. The highest BCUT2D eigenvalue weighted by atomic mass is 31.2. The summed E-state index contributed by atoms with van der Waals surface area (Å²) in [5.74, 6) is 2.48. The summed E-state index contributed by atoms with van der Waals surface area (Å²) < 4.78 is 0.